The summed E-state index contributed by atoms with van der Waals surface area (Å²) >= 11 is 6.01. The molecule has 1 amide bonds. The van der Waals surface area contributed by atoms with Gasteiger partial charge in [-0.25, -0.2) is 9.50 Å². The van der Waals surface area contributed by atoms with E-state index < -0.39 is 0 Å². The van der Waals surface area contributed by atoms with Gasteiger partial charge in [0.15, 0.2) is 5.65 Å². The highest BCUT2D eigenvalue weighted by Crippen LogP contribution is 2.20. The topological polar surface area (TPSA) is 68.5 Å². The Bertz CT molecular complexity index is 878. The normalized spacial score (nSPS) is 12.3. The Balaban J connectivity index is 1.78. The Labute approximate surface area is 144 Å². The lowest BCUT2D eigenvalue weighted by Gasteiger charge is -2.16. The molecule has 0 unspecified atom stereocenters. The highest BCUT2D eigenvalue weighted by atomic mass is 35.5. The van der Waals surface area contributed by atoms with Crippen LogP contribution in [0.4, 0.5) is 0 Å². The van der Waals surface area contributed by atoms with E-state index >= 15 is 0 Å². The van der Waals surface area contributed by atoms with E-state index in [4.69, 9.17) is 16.3 Å². The Hall–Kier alpha value is -2.44. The molecule has 1 aromatic carbocycles. The van der Waals surface area contributed by atoms with Gasteiger partial charge in [0.1, 0.15) is 5.56 Å². The monoisotopic (exact) mass is 344 g/mol. The number of amides is 1. The van der Waals surface area contributed by atoms with E-state index in [2.05, 4.69) is 15.4 Å². The highest BCUT2D eigenvalue weighted by molar-refractivity contribution is 6.30. The largest absolute Gasteiger partial charge is 0.375 e. The summed E-state index contributed by atoms with van der Waals surface area (Å²) in [4.78, 5) is 16.8. The molecule has 24 heavy (non-hydrogen) atoms. The van der Waals surface area contributed by atoms with Crippen molar-refractivity contribution in [2.75, 3.05) is 13.7 Å². The minimum Gasteiger partial charge on any atom is -0.375 e. The van der Waals surface area contributed by atoms with Crippen molar-refractivity contribution in [3.63, 3.8) is 0 Å². The first kappa shape index (κ1) is 16.4. The Morgan fingerprint density at radius 1 is 1.42 bits per heavy atom. The second kappa shape index (κ2) is 6.98. The van der Waals surface area contributed by atoms with Crippen molar-refractivity contribution in [3.8, 4) is 0 Å². The van der Waals surface area contributed by atoms with Crippen LogP contribution in [0.5, 0.6) is 0 Å². The number of nitrogens with zero attached hydrogens (tertiary/aromatic N) is 3. The maximum absolute atomic E-state index is 12.6. The van der Waals surface area contributed by atoms with Crippen LogP contribution in [0.3, 0.4) is 0 Å². The van der Waals surface area contributed by atoms with Crippen LogP contribution in [0.15, 0.2) is 42.7 Å². The molecule has 1 atom stereocenters. The van der Waals surface area contributed by atoms with Crippen molar-refractivity contribution in [3.05, 3.63) is 64.6 Å². The van der Waals surface area contributed by atoms with Gasteiger partial charge in [0.05, 0.1) is 11.8 Å². The van der Waals surface area contributed by atoms with Gasteiger partial charge in [0, 0.05) is 31.1 Å². The predicted octanol–water partition coefficient (Wildman–Crippen LogP) is 2.81. The second-order valence-corrected chi connectivity index (χ2v) is 5.77. The first-order chi connectivity index (χ1) is 11.6. The van der Waals surface area contributed by atoms with Crippen LogP contribution in [0.2, 0.25) is 5.02 Å². The summed E-state index contributed by atoms with van der Waals surface area (Å²) in [6, 6.07) is 9.15. The second-order valence-electron chi connectivity index (χ2n) is 5.34. The molecule has 0 aliphatic rings. The fourth-order valence-corrected chi connectivity index (χ4v) is 2.78. The minimum absolute atomic E-state index is 0.231. The van der Waals surface area contributed by atoms with Crippen molar-refractivity contribution in [2.24, 2.45) is 0 Å². The van der Waals surface area contributed by atoms with Gasteiger partial charge >= 0.3 is 0 Å². The number of carbonyl (C=O) groups is 1. The van der Waals surface area contributed by atoms with Gasteiger partial charge in [-0.15, -0.1) is 0 Å². The highest BCUT2D eigenvalue weighted by Gasteiger charge is 2.19. The maximum atomic E-state index is 12.6. The predicted molar refractivity (Wildman–Crippen MR) is 91.3 cm³/mol. The standard InChI is InChI=1S/C17H17ClN4O2/c1-11-15(16-19-7-4-8-22(16)21-11)17(23)20-10-14(24-2)12-5-3-6-13(18)9-12/h3-9,14H,10H2,1-2H3,(H,20,23)/t14-/m1/s1. The van der Waals surface area contributed by atoms with E-state index in [1.54, 1.807) is 43.1 Å². The third kappa shape index (κ3) is 3.25. The molecule has 0 bridgehead atoms. The zero-order valence-corrected chi connectivity index (χ0v) is 14.1. The summed E-state index contributed by atoms with van der Waals surface area (Å²) in [5.74, 6) is -0.231. The van der Waals surface area contributed by atoms with Crippen LogP contribution in [0.1, 0.15) is 27.7 Å². The number of benzene rings is 1. The average molecular weight is 345 g/mol. The number of halogens is 1. The smallest absolute Gasteiger partial charge is 0.257 e. The van der Waals surface area contributed by atoms with Crippen molar-refractivity contribution < 1.29 is 9.53 Å². The van der Waals surface area contributed by atoms with Crippen molar-refractivity contribution in [1.82, 2.24) is 19.9 Å². The summed E-state index contributed by atoms with van der Waals surface area (Å²) in [6.45, 7) is 2.10. The molecule has 1 N–H and O–H groups in total. The van der Waals surface area contributed by atoms with Crippen LogP contribution in [0.25, 0.3) is 5.65 Å². The van der Waals surface area contributed by atoms with Crippen molar-refractivity contribution >= 4 is 23.2 Å². The fraction of sp³-hybridized carbons (Fsp3) is 0.235. The van der Waals surface area contributed by atoms with E-state index in [0.717, 1.165) is 5.56 Å². The fourth-order valence-electron chi connectivity index (χ4n) is 2.58. The van der Waals surface area contributed by atoms with Gasteiger partial charge in [-0.2, -0.15) is 5.10 Å². The van der Waals surface area contributed by atoms with Crippen molar-refractivity contribution in [1.29, 1.82) is 0 Å². The summed E-state index contributed by atoms with van der Waals surface area (Å²) in [7, 11) is 1.60. The lowest BCUT2D eigenvalue weighted by Crippen LogP contribution is -2.29. The Morgan fingerprint density at radius 3 is 3.00 bits per heavy atom. The lowest BCUT2D eigenvalue weighted by atomic mass is 10.1. The van der Waals surface area contributed by atoms with E-state index in [0.29, 0.717) is 28.5 Å². The van der Waals surface area contributed by atoms with Gasteiger partial charge in [0.2, 0.25) is 0 Å². The van der Waals surface area contributed by atoms with Crippen LogP contribution in [0, 0.1) is 6.92 Å². The number of rotatable bonds is 5. The SMILES string of the molecule is CO[C@H](CNC(=O)c1c(C)nn2cccnc12)c1cccc(Cl)c1. The molecule has 0 fully saturated rings. The van der Waals surface area contributed by atoms with Gasteiger partial charge in [-0.3, -0.25) is 4.79 Å². The molecular formula is C17H17ClN4O2. The van der Waals surface area contributed by atoms with Gasteiger partial charge in [0.25, 0.3) is 5.91 Å². The molecule has 3 aromatic rings. The van der Waals surface area contributed by atoms with Crippen LogP contribution < -0.4 is 5.32 Å². The average Bonchev–Trinajstić information content (AvgIpc) is 2.91. The number of carbonyl (C=O) groups excluding carboxylic acids is 1. The van der Waals surface area contributed by atoms with Gasteiger partial charge in [-0.05, 0) is 30.7 Å². The Kier molecular flexibility index (Phi) is 4.78. The molecule has 124 valence electrons. The minimum atomic E-state index is -0.289. The molecule has 0 saturated carbocycles. The molecule has 0 aliphatic heterocycles. The third-order valence-electron chi connectivity index (χ3n) is 3.75. The molecule has 0 spiro atoms. The lowest BCUT2D eigenvalue weighted by molar-refractivity contribution is 0.0828. The number of ether oxygens (including phenoxy) is 1. The number of hydrogen-bond acceptors (Lipinski definition) is 4. The molecule has 0 aliphatic carbocycles. The van der Waals surface area contributed by atoms with E-state index in [9.17, 15) is 4.79 Å². The summed E-state index contributed by atoms with van der Waals surface area (Å²) in [5, 5.41) is 7.81. The number of aryl methyl sites for hydroxylation is 1. The third-order valence-corrected chi connectivity index (χ3v) is 3.99. The van der Waals surface area contributed by atoms with Gasteiger partial charge in [-0.1, -0.05) is 23.7 Å². The molecule has 0 radical (unpaired) electrons. The molecular weight excluding hydrogens is 328 g/mol. The van der Waals surface area contributed by atoms with E-state index in [1.165, 1.54) is 0 Å². The molecule has 6 nitrogen and oxygen atoms in total. The molecule has 3 rings (SSSR count). The number of nitrogens with one attached hydrogen (secondary N) is 1. The Morgan fingerprint density at radius 2 is 2.25 bits per heavy atom. The van der Waals surface area contributed by atoms with Crippen molar-refractivity contribution in [2.45, 2.75) is 13.0 Å². The number of fused-ring (bicyclic) bond motifs is 1. The molecule has 7 heteroatoms. The van der Waals surface area contributed by atoms with Crippen LogP contribution in [-0.4, -0.2) is 34.2 Å². The van der Waals surface area contributed by atoms with E-state index in [1.807, 2.05) is 18.2 Å². The molecule has 2 aromatic heterocycles. The number of hydrogen-bond donors (Lipinski definition) is 1. The first-order valence-corrected chi connectivity index (χ1v) is 7.84. The molecule has 2 heterocycles. The summed E-state index contributed by atoms with van der Waals surface area (Å²) < 4.78 is 7.06. The van der Waals surface area contributed by atoms with E-state index in [-0.39, 0.29) is 12.0 Å². The maximum Gasteiger partial charge on any atom is 0.257 e. The number of methoxy groups -OCH3 is 1. The summed E-state index contributed by atoms with van der Waals surface area (Å²) in [5.41, 5.74) is 2.53. The van der Waals surface area contributed by atoms with Crippen LogP contribution in [-0.2, 0) is 4.74 Å². The zero-order chi connectivity index (χ0) is 17.1. The molecule has 0 saturated heterocycles. The number of aromatic nitrogens is 3. The summed E-state index contributed by atoms with van der Waals surface area (Å²) in [6.07, 6.45) is 3.11. The quantitative estimate of drug-likeness (QED) is 0.772. The zero-order valence-electron chi connectivity index (χ0n) is 13.4. The first-order valence-electron chi connectivity index (χ1n) is 7.46. The van der Waals surface area contributed by atoms with Crippen LogP contribution >= 0.6 is 11.6 Å². The van der Waals surface area contributed by atoms with Gasteiger partial charge < -0.3 is 10.1 Å².